The van der Waals surface area contributed by atoms with Gasteiger partial charge in [-0.05, 0) is 18.2 Å². The molecule has 1 aromatic rings. The third kappa shape index (κ3) is 5.80. The average Bonchev–Trinajstić information content (AvgIpc) is 2.43. The second kappa shape index (κ2) is 7.61. The highest BCUT2D eigenvalue weighted by atomic mass is 32.2. The average molecular weight is 312 g/mol. The molecule has 0 fully saturated rings. The van der Waals surface area contributed by atoms with E-state index in [0.29, 0.717) is 9.80 Å². The highest BCUT2D eigenvalue weighted by Gasteiger charge is 2.33. The summed E-state index contributed by atoms with van der Waals surface area (Å²) >= 11 is 1.20. The molecule has 0 aliphatic heterocycles. The van der Waals surface area contributed by atoms with Gasteiger partial charge in [0, 0.05) is 10.5 Å². The Morgan fingerprint density at radius 1 is 1.43 bits per heavy atom. The summed E-state index contributed by atoms with van der Waals surface area (Å²) in [5.41, 5.74) is 0.109. The predicted molar refractivity (Wildman–Crippen MR) is 73.6 cm³/mol. The normalized spacial score (nSPS) is 10.5. The minimum absolute atomic E-state index is 0.109. The summed E-state index contributed by atoms with van der Waals surface area (Å²) in [6.07, 6.45) is 0.494. The third-order valence-corrected chi connectivity index (χ3v) is 3.18. The van der Waals surface area contributed by atoms with Crippen LogP contribution in [0.25, 0.3) is 0 Å². The van der Waals surface area contributed by atoms with Gasteiger partial charge in [0.25, 0.3) is 5.91 Å². The van der Waals surface area contributed by atoms with Crippen molar-refractivity contribution < 1.29 is 18.0 Å². The Hall–Kier alpha value is -2.12. The molecular weight excluding hydrogens is 301 g/mol. The van der Waals surface area contributed by atoms with Crippen LogP contribution in [0, 0.1) is 23.7 Å². The molecule has 1 rings (SSSR count). The van der Waals surface area contributed by atoms with Crippen LogP contribution < -0.4 is 0 Å². The van der Waals surface area contributed by atoms with E-state index in [9.17, 15) is 18.0 Å². The maximum Gasteiger partial charge on any atom is 0.406 e. The van der Waals surface area contributed by atoms with Crippen LogP contribution in [0.1, 0.15) is 10.4 Å². The van der Waals surface area contributed by atoms with Gasteiger partial charge in [0.05, 0.1) is 18.4 Å². The molecule has 0 N–H and O–H groups in total. The van der Waals surface area contributed by atoms with Crippen LogP contribution >= 0.6 is 11.8 Å². The molecule has 0 bridgehead atoms. The molecule has 0 saturated heterocycles. The number of halogens is 3. The van der Waals surface area contributed by atoms with Crippen LogP contribution in [0.2, 0.25) is 0 Å². The summed E-state index contributed by atoms with van der Waals surface area (Å²) in [5, 5.41) is 8.50. The molecule has 0 unspecified atom stereocenters. The van der Waals surface area contributed by atoms with Crippen molar-refractivity contribution in [2.24, 2.45) is 0 Å². The summed E-state index contributed by atoms with van der Waals surface area (Å²) in [7, 11) is 0. The fraction of sp³-hybridized carbons (Fsp3) is 0.286. The number of nitrogens with zero attached hydrogens (tertiary/aromatic N) is 2. The van der Waals surface area contributed by atoms with Gasteiger partial charge in [-0.25, -0.2) is 0 Å². The fourth-order valence-corrected chi connectivity index (χ4v) is 2.16. The SMILES string of the molecule is C#CCN(CC(F)(F)F)C(=O)c1cccc(SCC#N)c1. The number of alkyl halides is 3. The van der Waals surface area contributed by atoms with Gasteiger partial charge in [-0.3, -0.25) is 4.79 Å². The van der Waals surface area contributed by atoms with Crippen molar-refractivity contribution in [3.63, 3.8) is 0 Å². The van der Waals surface area contributed by atoms with E-state index < -0.39 is 25.2 Å². The number of terminal acetylenes is 1. The minimum Gasteiger partial charge on any atom is -0.318 e. The van der Waals surface area contributed by atoms with Crippen LogP contribution in [-0.4, -0.2) is 35.8 Å². The Kier molecular flexibility index (Phi) is 6.13. The lowest BCUT2D eigenvalue weighted by Crippen LogP contribution is -2.39. The second-order valence-corrected chi connectivity index (χ2v) is 5.00. The standard InChI is InChI=1S/C14H11F3N2OS/c1-2-7-19(10-14(15,16)17)13(20)11-4-3-5-12(9-11)21-8-6-18/h1,3-5,9H,7-8,10H2. The van der Waals surface area contributed by atoms with Crippen LogP contribution in [0.3, 0.4) is 0 Å². The lowest BCUT2D eigenvalue weighted by atomic mass is 10.2. The number of amides is 1. The Morgan fingerprint density at radius 3 is 2.71 bits per heavy atom. The molecule has 0 aromatic heterocycles. The van der Waals surface area contributed by atoms with Gasteiger partial charge < -0.3 is 4.90 Å². The van der Waals surface area contributed by atoms with E-state index in [4.69, 9.17) is 11.7 Å². The van der Waals surface area contributed by atoms with Crippen molar-refractivity contribution in [1.82, 2.24) is 4.90 Å². The highest BCUT2D eigenvalue weighted by molar-refractivity contribution is 7.99. The van der Waals surface area contributed by atoms with Gasteiger partial charge in [-0.1, -0.05) is 12.0 Å². The summed E-state index contributed by atoms with van der Waals surface area (Å²) in [5.74, 6) is 1.45. The third-order valence-electron chi connectivity index (χ3n) is 2.32. The zero-order valence-corrected chi connectivity index (χ0v) is 11.7. The van der Waals surface area contributed by atoms with Crippen LogP contribution in [0.15, 0.2) is 29.2 Å². The molecular formula is C14H11F3N2OS. The summed E-state index contributed by atoms with van der Waals surface area (Å²) < 4.78 is 37.3. The molecule has 0 aliphatic rings. The quantitative estimate of drug-likeness (QED) is 0.620. The van der Waals surface area contributed by atoms with Gasteiger partial charge in [0.1, 0.15) is 6.54 Å². The second-order valence-electron chi connectivity index (χ2n) is 3.96. The molecule has 0 heterocycles. The zero-order chi connectivity index (χ0) is 15.9. The number of carbonyl (C=O) groups is 1. The number of nitriles is 1. The molecule has 1 aromatic carbocycles. The summed E-state index contributed by atoms with van der Waals surface area (Å²) in [6, 6.07) is 8.02. The number of carbonyl (C=O) groups excluding carboxylic acids is 1. The molecule has 0 radical (unpaired) electrons. The van der Waals surface area contributed by atoms with Gasteiger partial charge in [0.15, 0.2) is 0 Å². The first kappa shape index (κ1) is 16.9. The van der Waals surface area contributed by atoms with Gasteiger partial charge in [0.2, 0.25) is 0 Å². The monoisotopic (exact) mass is 312 g/mol. The Bertz CT molecular complexity index is 587. The molecule has 0 saturated carbocycles. The van der Waals surface area contributed by atoms with E-state index in [-0.39, 0.29) is 11.3 Å². The van der Waals surface area contributed by atoms with Gasteiger partial charge in [-0.2, -0.15) is 18.4 Å². The zero-order valence-electron chi connectivity index (χ0n) is 10.9. The van der Waals surface area contributed by atoms with Crippen LogP contribution in [0.4, 0.5) is 13.2 Å². The maximum absolute atomic E-state index is 12.4. The number of rotatable bonds is 5. The predicted octanol–water partition coefficient (Wildman–Crippen LogP) is 2.94. The van der Waals surface area contributed by atoms with Crippen LogP contribution in [-0.2, 0) is 0 Å². The molecule has 21 heavy (non-hydrogen) atoms. The largest absolute Gasteiger partial charge is 0.406 e. The van der Waals surface area contributed by atoms with Crippen molar-refractivity contribution in [3.05, 3.63) is 29.8 Å². The lowest BCUT2D eigenvalue weighted by molar-refractivity contribution is -0.139. The Labute approximate surface area is 124 Å². The Morgan fingerprint density at radius 2 is 2.14 bits per heavy atom. The van der Waals surface area contributed by atoms with Crippen molar-refractivity contribution in [1.29, 1.82) is 5.26 Å². The number of benzene rings is 1. The first-order valence-corrected chi connectivity index (χ1v) is 6.75. The van der Waals surface area contributed by atoms with E-state index in [1.165, 1.54) is 23.9 Å². The maximum atomic E-state index is 12.4. The van der Waals surface area contributed by atoms with E-state index in [1.807, 2.05) is 12.0 Å². The summed E-state index contributed by atoms with van der Waals surface area (Å²) in [6.45, 7) is -1.82. The topological polar surface area (TPSA) is 44.1 Å². The molecule has 110 valence electrons. The van der Waals surface area contributed by atoms with Gasteiger partial charge >= 0.3 is 6.18 Å². The minimum atomic E-state index is -4.51. The first-order valence-electron chi connectivity index (χ1n) is 5.76. The van der Waals surface area contributed by atoms with Gasteiger partial charge in [-0.15, -0.1) is 18.2 Å². The lowest BCUT2D eigenvalue weighted by Gasteiger charge is -2.21. The number of hydrogen-bond acceptors (Lipinski definition) is 3. The first-order chi connectivity index (χ1) is 9.87. The summed E-state index contributed by atoms with van der Waals surface area (Å²) in [4.78, 5) is 13.3. The van der Waals surface area contributed by atoms with E-state index in [0.717, 1.165) is 0 Å². The van der Waals surface area contributed by atoms with Crippen molar-refractivity contribution in [2.45, 2.75) is 11.1 Å². The van der Waals surface area contributed by atoms with Crippen molar-refractivity contribution >= 4 is 17.7 Å². The van der Waals surface area contributed by atoms with Crippen molar-refractivity contribution in [3.8, 4) is 18.4 Å². The molecule has 0 aliphatic carbocycles. The number of hydrogen-bond donors (Lipinski definition) is 0. The Balaban J connectivity index is 2.93. The smallest absolute Gasteiger partial charge is 0.318 e. The van der Waals surface area contributed by atoms with E-state index in [2.05, 4.69) is 0 Å². The molecule has 1 amide bonds. The van der Waals surface area contributed by atoms with Crippen molar-refractivity contribution in [2.75, 3.05) is 18.8 Å². The molecule has 0 spiro atoms. The highest BCUT2D eigenvalue weighted by Crippen LogP contribution is 2.21. The molecule has 3 nitrogen and oxygen atoms in total. The molecule has 7 heteroatoms. The fourth-order valence-electron chi connectivity index (χ4n) is 1.54. The van der Waals surface area contributed by atoms with Crippen LogP contribution in [0.5, 0.6) is 0 Å². The van der Waals surface area contributed by atoms with E-state index in [1.54, 1.807) is 12.1 Å². The van der Waals surface area contributed by atoms with E-state index >= 15 is 0 Å². The number of thioether (sulfide) groups is 1. The molecule has 0 atom stereocenters.